The van der Waals surface area contributed by atoms with Gasteiger partial charge in [0.2, 0.25) is 11.1 Å². The number of carbonyl (C=O) groups is 1. The molecule has 0 spiro atoms. The van der Waals surface area contributed by atoms with Crippen LogP contribution in [0.1, 0.15) is 57.2 Å². The number of aryl methyl sites for hydroxylation is 1. The number of aromatic nitrogens is 3. The standard InChI is InChI=1S/C27H33N5O2S/c1-5-7-17-35-27-30-26-28-19(4)23(25(33)29-21-12-8-18(3)9-13-21)24(32(26)31-27)20-10-14-22(15-11-20)34-16-6-2/h8-15,24H,5-7,16-17H2,1-4H3,(H,29,33)(H,28,30,31). The lowest BCUT2D eigenvalue weighted by atomic mass is 9.95. The van der Waals surface area contributed by atoms with E-state index in [0.717, 1.165) is 53.3 Å². The van der Waals surface area contributed by atoms with Gasteiger partial charge in [-0.1, -0.05) is 61.9 Å². The number of rotatable bonds is 10. The number of thioether (sulfide) groups is 1. The van der Waals surface area contributed by atoms with Gasteiger partial charge in [-0.05, 0) is 56.5 Å². The van der Waals surface area contributed by atoms with Crippen molar-refractivity contribution in [3.8, 4) is 5.75 Å². The molecule has 2 heterocycles. The summed E-state index contributed by atoms with van der Waals surface area (Å²) in [5.74, 6) is 2.24. The normalized spacial score (nSPS) is 14.9. The number of anilines is 2. The maximum Gasteiger partial charge on any atom is 0.255 e. The van der Waals surface area contributed by atoms with Gasteiger partial charge in [0.05, 0.1) is 12.2 Å². The highest BCUT2D eigenvalue weighted by molar-refractivity contribution is 7.99. The van der Waals surface area contributed by atoms with Crippen molar-refractivity contribution in [1.29, 1.82) is 0 Å². The van der Waals surface area contributed by atoms with E-state index in [-0.39, 0.29) is 5.91 Å². The van der Waals surface area contributed by atoms with Crippen LogP contribution < -0.4 is 15.4 Å². The smallest absolute Gasteiger partial charge is 0.255 e. The van der Waals surface area contributed by atoms with E-state index in [4.69, 9.17) is 14.8 Å². The fraction of sp³-hybridized carbons (Fsp3) is 0.370. The quantitative estimate of drug-likeness (QED) is 0.260. The molecule has 0 radical (unpaired) electrons. The van der Waals surface area contributed by atoms with Crippen molar-refractivity contribution in [3.63, 3.8) is 0 Å². The van der Waals surface area contributed by atoms with Gasteiger partial charge in [-0.15, -0.1) is 5.10 Å². The number of unbranched alkanes of at least 4 members (excludes halogenated alkanes) is 1. The molecule has 1 unspecified atom stereocenters. The van der Waals surface area contributed by atoms with Crippen LogP contribution in [0.4, 0.5) is 11.6 Å². The monoisotopic (exact) mass is 491 g/mol. The molecule has 184 valence electrons. The summed E-state index contributed by atoms with van der Waals surface area (Å²) in [4.78, 5) is 18.3. The molecular formula is C27H33N5O2S. The van der Waals surface area contributed by atoms with Crippen LogP contribution in [0.3, 0.4) is 0 Å². The van der Waals surface area contributed by atoms with Crippen LogP contribution in [0.25, 0.3) is 0 Å². The molecule has 1 aliphatic heterocycles. The molecule has 3 aromatic rings. The summed E-state index contributed by atoms with van der Waals surface area (Å²) in [6, 6.07) is 15.3. The van der Waals surface area contributed by atoms with Crippen LogP contribution in [0, 0.1) is 6.92 Å². The third-order valence-electron chi connectivity index (χ3n) is 5.78. The van der Waals surface area contributed by atoms with Gasteiger partial charge in [0.1, 0.15) is 11.8 Å². The zero-order chi connectivity index (χ0) is 24.8. The lowest BCUT2D eigenvalue weighted by molar-refractivity contribution is -0.113. The highest BCUT2D eigenvalue weighted by atomic mass is 32.2. The second kappa shape index (κ2) is 11.4. The summed E-state index contributed by atoms with van der Waals surface area (Å²) in [5.41, 5.74) is 4.20. The van der Waals surface area contributed by atoms with E-state index in [2.05, 4.69) is 24.5 Å². The van der Waals surface area contributed by atoms with Crippen molar-refractivity contribution in [3.05, 3.63) is 70.9 Å². The number of nitrogens with one attached hydrogen (secondary N) is 2. The van der Waals surface area contributed by atoms with Crippen LogP contribution >= 0.6 is 11.8 Å². The highest BCUT2D eigenvalue weighted by Gasteiger charge is 2.34. The predicted octanol–water partition coefficient (Wildman–Crippen LogP) is 6.20. The maximum atomic E-state index is 13.6. The summed E-state index contributed by atoms with van der Waals surface area (Å²) in [6.45, 7) is 8.86. The van der Waals surface area contributed by atoms with Crippen LogP contribution in [-0.4, -0.2) is 33.0 Å². The number of ether oxygens (including phenoxy) is 1. The number of hydrogen-bond donors (Lipinski definition) is 2. The Balaban J connectivity index is 1.69. The first-order valence-electron chi connectivity index (χ1n) is 12.2. The molecule has 8 heteroatoms. The fourth-order valence-corrected chi connectivity index (χ4v) is 4.82. The van der Waals surface area contributed by atoms with Crippen molar-refractivity contribution in [1.82, 2.24) is 14.8 Å². The molecular weight excluding hydrogens is 458 g/mol. The average molecular weight is 492 g/mol. The molecule has 4 rings (SSSR count). The van der Waals surface area contributed by atoms with E-state index in [9.17, 15) is 4.79 Å². The van der Waals surface area contributed by atoms with Gasteiger partial charge in [-0.25, -0.2) is 4.68 Å². The Bertz CT molecular complexity index is 1190. The van der Waals surface area contributed by atoms with Crippen molar-refractivity contribution < 1.29 is 9.53 Å². The van der Waals surface area contributed by atoms with Crippen LogP contribution in [-0.2, 0) is 4.79 Å². The van der Waals surface area contributed by atoms with E-state index < -0.39 is 6.04 Å². The molecule has 2 N–H and O–H groups in total. The van der Waals surface area contributed by atoms with E-state index in [1.54, 1.807) is 11.8 Å². The van der Waals surface area contributed by atoms with Gasteiger partial charge in [0.15, 0.2) is 0 Å². The summed E-state index contributed by atoms with van der Waals surface area (Å²) in [6.07, 6.45) is 3.17. The number of carbonyl (C=O) groups excluding carboxylic acids is 1. The Kier molecular flexibility index (Phi) is 8.13. The molecule has 7 nitrogen and oxygen atoms in total. The molecule has 1 aliphatic rings. The molecule has 1 amide bonds. The Hall–Kier alpha value is -3.26. The Morgan fingerprint density at radius 1 is 1.09 bits per heavy atom. The minimum Gasteiger partial charge on any atom is -0.494 e. The molecule has 35 heavy (non-hydrogen) atoms. The number of amides is 1. The Morgan fingerprint density at radius 2 is 1.83 bits per heavy atom. The molecule has 0 saturated heterocycles. The zero-order valence-corrected chi connectivity index (χ0v) is 21.6. The first kappa shape index (κ1) is 24.9. The number of benzene rings is 2. The van der Waals surface area contributed by atoms with E-state index in [1.807, 2.05) is 67.1 Å². The van der Waals surface area contributed by atoms with Gasteiger partial charge in [0.25, 0.3) is 5.91 Å². The molecule has 0 saturated carbocycles. The predicted molar refractivity (Wildman–Crippen MR) is 142 cm³/mol. The molecule has 2 aromatic carbocycles. The second-order valence-corrected chi connectivity index (χ2v) is 9.73. The Labute approximate surface area is 211 Å². The number of hydrogen-bond acceptors (Lipinski definition) is 6. The fourth-order valence-electron chi connectivity index (χ4n) is 3.90. The minimum atomic E-state index is -0.412. The van der Waals surface area contributed by atoms with Crippen molar-refractivity contribution >= 4 is 29.3 Å². The SMILES string of the molecule is CCCCSc1nc2n(n1)C(c1ccc(OCCC)cc1)C(C(=O)Nc1ccc(C)cc1)=C(C)N2. The van der Waals surface area contributed by atoms with Gasteiger partial charge in [-0.3, -0.25) is 4.79 Å². The van der Waals surface area contributed by atoms with Gasteiger partial charge < -0.3 is 15.4 Å². The molecule has 0 aliphatic carbocycles. The lowest BCUT2D eigenvalue weighted by Gasteiger charge is -2.28. The summed E-state index contributed by atoms with van der Waals surface area (Å²) in [7, 11) is 0. The van der Waals surface area contributed by atoms with E-state index >= 15 is 0 Å². The summed E-state index contributed by atoms with van der Waals surface area (Å²) < 4.78 is 7.59. The maximum absolute atomic E-state index is 13.6. The molecule has 1 atom stereocenters. The zero-order valence-electron chi connectivity index (χ0n) is 20.8. The third-order valence-corrected chi connectivity index (χ3v) is 6.71. The minimum absolute atomic E-state index is 0.170. The summed E-state index contributed by atoms with van der Waals surface area (Å²) >= 11 is 1.64. The highest BCUT2D eigenvalue weighted by Crippen LogP contribution is 2.37. The first-order chi connectivity index (χ1) is 17.0. The molecule has 1 aromatic heterocycles. The van der Waals surface area contributed by atoms with Crippen LogP contribution in [0.2, 0.25) is 0 Å². The third kappa shape index (κ3) is 5.88. The van der Waals surface area contributed by atoms with Gasteiger partial charge in [-0.2, -0.15) is 4.98 Å². The van der Waals surface area contributed by atoms with Crippen molar-refractivity contribution in [2.45, 2.75) is 58.2 Å². The Morgan fingerprint density at radius 3 is 2.51 bits per heavy atom. The van der Waals surface area contributed by atoms with E-state index in [1.165, 1.54) is 0 Å². The van der Waals surface area contributed by atoms with Gasteiger partial charge in [0, 0.05) is 17.1 Å². The van der Waals surface area contributed by atoms with Gasteiger partial charge >= 0.3 is 0 Å². The average Bonchev–Trinajstić information content (AvgIpc) is 3.26. The van der Waals surface area contributed by atoms with E-state index in [0.29, 0.717) is 23.3 Å². The second-order valence-electron chi connectivity index (χ2n) is 8.67. The van der Waals surface area contributed by atoms with Crippen LogP contribution in [0.5, 0.6) is 5.75 Å². The number of allylic oxidation sites excluding steroid dienone is 1. The van der Waals surface area contributed by atoms with Crippen LogP contribution in [0.15, 0.2) is 65.0 Å². The number of fused-ring (bicyclic) bond motifs is 1. The lowest BCUT2D eigenvalue weighted by Crippen LogP contribution is -2.31. The molecule has 0 fully saturated rings. The van der Waals surface area contributed by atoms with Crippen molar-refractivity contribution in [2.75, 3.05) is 23.0 Å². The van der Waals surface area contributed by atoms with Crippen molar-refractivity contribution in [2.24, 2.45) is 0 Å². The largest absolute Gasteiger partial charge is 0.494 e. The number of nitrogens with zero attached hydrogens (tertiary/aromatic N) is 3. The first-order valence-corrected chi connectivity index (χ1v) is 13.2. The topological polar surface area (TPSA) is 81.1 Å². The molecule has 0 bridgehead atoms. The summed E-state index contributed by atoms with van der Waals surface area (Å²) in [5, 5.41) is 11.9.